The van der Waals surface area contributed by atoms with E-state index in [0.29, 0.717) is 0 Å². The molecule has 1 aliphatic rings. The van der Waals surface area contributed by atoms with Gasteiger partial charge in [-0.1, -0.05) is 0 Å². The van der Waals surface area contributed by atoms with Crippen molar-refractivity contribution in [1.82, 2.24) is 9.80 Å². The molecule has 1 fully saturated rings. The molecule has 0 amide bonds. The summed E-state index contributed by atoms with van der Waals surface area (Å²) in [7, 11) is 4.26. The first-order valence-electron chi connectivity index (χ1n) is 7.37. The quantitative estimate of drug-likeness (QED) is 0.888. The van der Waals surface area contributed by atoms with Crippen LogP contribution in [0.15, 0.2) is 18.2 Å². The molecule has 2 N–H and O–H groups in total. The molecule has 1 saturated heterocycles. The first-order chi connectivity index (χ1) is 9.45. The van der Waals surface area contributed by atoms with Gasteiger partial charge in [0, 0.05) is 18.7 Å². The molecule has 0 spiro atoms. The predicted octanol–water partition coefficient (Wildman–Crippen LogP) is 2.43. The van der Waals surface area contributed by atoms with E-state index in [1.54, 1.807) is 12.1 Å². The maximum atomic E-state index is 9.60. The van der Waals surface area contributed by atoms with Gasteiger partial charge in [-0.25, -0.2) is 0 Å². The molecule has 4 heteroatoms. The van der Waals surface area contributed by atoms with Crippen LogP contribution in [0, 0.1) is 5.92 Å². The fourth-order valence-corrected chi connectivity index (χ4v) is 3.11. The van der Waals surface area contributed by atoms with Crippen LogP contribution in [0.4, 0.5) is 0 Å². The highest BCUT2D eigenvalue weighted by Crippen LogP contribution is 2.30. The minimum atomic E-state index is 0.134. The molecule has 1 aromatic carbocycles. The predicted molar refractivity (Wildman–Crippen MR) is 81.0 cm³/mol. The Bertz CT molecular complexity index is 420. The third-order valence-corrected chi connectivity index (χ3v) is 4.23. The Kier molecular flexibility index (Phi) is 4.89. The topological polar surface area (TPSA) is 46.9 Å². The second-order valence-corrected chi connectivity index (χ2v) is 6.20. The number of nitrogens with zero attached hydrogens (tertiary/aromatic N) is 2. The summed E-state index contributed by atoms with van der Waals surface area (Å²) < 4.78 is 0. The zero-order valence-corrected chi connectivity index (χ0v) is 12.7. The standard InChI is InChI=1S/C16H26N2O2/c1-12(14-8-15(19)10-16(20)9-14)18-6-4-13(5-7-18)11-17(2)3/h8-10,12-13,19-20H,4-7,11H2,1-3H3. The van der Waals surface area contributed by atoms with Gasteiger partial charge in [-0.3, -0.25) is 4.90 Å². The molecule has 0 radical (unpaired) electrons. The summed E-state index contributed by atoms with van der Waals surface area (Å²) in [6.45, 7) is 5.46. The van der Waals surface area contributed by atoms with Crippen LogP contribution in [0.1, 0.15) is 31.4 Å². The Morgan fingerprint density at radius 2 is 1.70 bits per heavy atom. The fourth-order valence-electron chi connectivity index (χ4n) is 3.11. The van der Waals surface area contributed by atoms with E-state index in [0.717, 1.165) is 31.1 Å². The van der Waals surface area contributed by atoms with Crippen molar-refractivity contribution in [2.45, 2.75) is 25.8 Å². The van der Waals surface area contributed by atoms with Gasteiger partial charge in [-0.05, 0) is 70.6 Å². The van der Waals surface area contributed by atoms with Gasteiger partial charge in [0.2, 0.25) is 0 Å². The van der Waals surface area contributed by atoms with E-state index in [1.807, 2.05) is 0 Å². The lowest BCUT2D eigenvalue weighted by atomic mass is 9.94. The normalized spacial score (nSPS) is 19.4. The summed E-state index contributed by atoms with van der Waals surface area (Å²) in [5.41, 5.74) is 0.980. The van der Waals surface area contributed by atoms with Crippen molar-refractivity contribution in [3.63, 3.8) is 0 Å². The van der Waals surface area contributed by atoms with Gasteiger partial charge in [-0.15, -0.1) is 0 Å². The van der Waals surface area contributed by atoms with Crippen molar-refractivity contribution in [3.05, 3.63) is 23.8 Å². The van der Waals surface area contributed by atoms with Gasteiger partial charge in [0.05, 0.1) is 0 Å². The molecule has 0 aliphatic carbocycles. The number of benzene rings is 1. The molecular weight excluding hydrogens is 252 g/mol. The van der Waals surface area contributed by atoms with Crippen molar-refractivity contribution in [2.75, 3.05) is 33.7 Å². The maximum Gasteiger partial charge on any atom is 0.119 e. The summed E-state index contributed by atoms with van der Waals surface area (Å²) in [5.74, 6) is 1.05. The average molecular weight is 278 g/mol. The highest BCUT2D eigenvalue weighted by atomic mass is 16.3. The molecule has 4 nitrogen and oxygen atoms in total. The third-order valence-electron chi connectivity index (χ3n) is 4.23. The molecule has 2 rings (SSSR count). The number of hydrogen-bond acceptors (Lipinski definition) is 4. The first kappa shape index (κ1) is 15.1. The molecule has 20 heavy (non-hydrogen) atoms. The molecule has 1 aromatic rings. The van der Waals surface area contributed by atoms with Crippen LogP contribution in [0.5, 0.6) is 11.5 Å². The monoisotopic (exact) mass is 278 g/mol. The largest absolute Gasteiger partial charge is 0.508 e. The van der Waals surface area contributed by atoms with Gasteiger partial charge in [0.15, 0.2) is 0 Å². The SMILES string of the molecule is CC(c1cc(O)cc(O)c1)N1CCC(CN(C)C)CC1. The highest BCUT2D eigenvalue weighted by molar-refractivity contribution is 5.38. The lowest BCUT2D eigenvalue weighted by Crippen LogP contribution is -2.38. The van der Waals surface area contributed by atoms with Gasteiger partial charge >= 0.3 is 0 Å². The summed E-state index contributed by atoms with van der Waals surface area (Å²) >= 11 is 0. The van der Waals surface area contributed by atoms with Gasteiger partial charge < -0.3 is 15.1 Å². The minimum Gasteiger partial charge on any atom is -0.508 e. The van der Waals surface area contributed by atoms with Crippen molar-refractivity contribution < 1.29 is 10.2 Å². The first-order valence-corrected chi connectivity index (χ1v) is 7.37. The van der Waals surface area contributed by atoms with Crippen LogP contribution in [0.25, 0.3) is 0 Å². The number of phenols is 2. The van der Waals surface area contributed by atoms with Crippen molar-refractivity contribution in [1.29, 1.82) is 0 Å². The summed E-state index contributed by atoms with van der Waals surface area (Å²) in [6, 6.07) is 5.10. The molecule has 0 saturated carbocycles. The molecular formula is C16H26N2O2. The van der Waals surface area contributed by atoms with Crippen LogP contribution in [0.2, 0.25) is 0 Å². The number of hydrogen-bond donors (Lipinski definition) is 2. The van der Waals surface area contributed by atoms with Crippen molar-refractivity contribution in [3.8, 4) is 11.5 Å². The summed E-state index contributed by atoms with van der Waals surface area (Å²) in [4.78, 5) is 4.69. The molecule has 112 valence electrons. The number of aromatic hydroxyl groups is 2. The van der Waals surface area contributed by atoms with E-state index in [4.69, 9.17) is 0 Å². The Balaban J connectivity index is 1.96. The van der Waals surface area contributed by atoms with Gasteiger partial charge in [-0.2, -0.15) is 0 Å². The minimum absolute atomic E-state index is 0.134. The Hall–Kier alpha value is -1.26. The number of piperidine rings is 1. The van der Waals surface area contributed by atoms with Gasteiger partial charge in [0.25, 0.3) is 0 Å². The molecule has 1 heterocycles. The lowest BCUT2D eigenvalue weighted by Gasteiger charge is -2.37. The molecule has 1 atom stereocenters. The number of phenolic OH excluding ortho intramolecular Hbond substituents is 2. The zero-order chi connectivity index (χ0) is 14.7. The summed E-state index contributed by atoms with van der Waals surface area (Å²) in [5, 5.41) is 19.2. The van der Waals surface area contributed by atoms with Crippen LogP contribution < -0.4 is 0 Å². The Labute approximate surface area is 121 Å². The average Bonchev–Trinajstić information content (AvgIpc) is 2.37. The Morgan fingerprint density at radius 3 is 2.20 bits per heavy atom. The van der Waals surface area contributed by atoms with Crippen LogP contribution in [-0.2, 0) is 0 Å². The van der Waals surface area contributed by atoms with E-state index >= 15 is 0 Å². The van der Waals surface area contributed by atoms with E-state index in [1.165, 1.54) is 18.9 Å². The van der Waals surface area contributed by atoms with Gasteiger partial charge in [0.1, 0.15) is 11.5 Å². The van der Waals surface area contributed by atoms with Crippen LogP contribution in [-0.4, -0.2) is 53.7 Å². The smallest absolute Gasteiger partial charge is 0.119 e. The second-order valence-electron chi connectivity index (χ2n) is 6.20. The third kappa shape index (κ3) is 3.87. The van der Waals surface area contributed by atoms with E-state index in [9.17, 15) is 10.2 Å². The molecule has 1 unspecified atom stereocenters. The van der Waals surface area contributed by atoms with Crippen molar-refractivity contribution >= 4 is 0 Å². The highest BCUT2D eigenvalue weighted by Gasteiger charge is 2.24. The molecule has 1 aliphatic heterocycles. The number of likely N-dealkylation sites (tertiary alicyclic amines) is 1. The second kappa shape index (κ2) is 6.46. The van der Waals surface area contributed by atoms with Crippen molar-refractivity contribution in [2.24, 2.45) is 5.92 Å². The van der Waals surface area contributed by atoms with Crippen LogP contribution in [0.3, 0.4) is 0 Å². The Morgan fingerprint density at radius 1 is 1.15 bits per heavy atom. The van der Waals surface area contributed by atoms with E-state index < -0.39 is 0 Å². The van der Waals surface area contributed by atoms with Crippen LogP contribution >= 0.6 is 0 Å². The number of rotatable bonds is 4. The molecule has 0 aromatic heterocycles. The molecule has 0 bridgehead atoms. The fraction of sp³-hybridized carbons (Fsp3) is 0.625. The zero-order valence-electron chi connectivity index (χ0n) is 12.7. The van der Waals surface area contributed by atoms with E-state index in [-0.39, 0.29) is 17.5 Å². The van der Waals surface area contributed by atoms with E-state index in [2.05, 4.69) is 30.8 Å². The maximum absolute atomic E-state index is 9.60. The summed E-state index contributed by atoms with van der Waals surface area (Å²) in [6.07, 6.45) is 2.43. The lowest BCUT2D eigenvalue weighted by molar-refractivity contribution is 0.127.